The average Bonchev–Trinajstić information content (AvgIpc) is 2.66. The van der Waals surface area contributed by atoms with Gasteiger partial charge in [-0.2, -0.15) is 0 Å². The number of hydrogen-bond acceptors (Lipinski definition) is 3. The maximum absolute atomic E-state index is 9.75. The fourth-order valence-electron chi connectivity index (χ4n) is 1.61. The largest absolute Gasteiger partial charge is 0.387 e. The first-order chi connectivity index (χ1) is 7.22. The highest BCUT2D eigenvalue weighted by molar-refractivity contribution is 5.80. The van der Waals surface area contributed by atoms with Crippen molar-refractivity contribution in [2.24, 2.45) is 0 Å². The van der Waals surface area contributed by atoms with E-state index in [4.69, 9.17) is 10.9 Å². The second-order valence-corrected chi connectivity index (χ2v) is 3.51. The summed E-state index contributed by atoms with van der Waals surface area (Å²) in [5, 5.41) is 14.3. The first-order valence-electron chi connectivity index (χ1n) is 4.69. The van der Waals surface area contributed by atoms with Crippen LogP contribution in [-0.2, 0) is 0 Å². The van der Waals surface area contributed by atoms with Crippen molar-refractivity contribution in [1.82, 2.24) is 5.16 Å². The summed E-state index contributed by atoms with van der Waals surface area (Å²) in [6, 6.07) is 3.72. The van der Waals surface area contributed by atoms with E-state index in [-0.39, 0.29) is 0 Å². The molecule has 1 heterocycles. The second kappa shape index (κ2) is 3.76. The molecule has 0 saturated carbocycles. The highest BCUT2D eigenvalue weighted by Crippen LogP contribution is 2.25. The van der Waals surface area contributed by atoms with E-state index in [1.165, 1.54) is 0 Å². The Morgan fingerprint density at radius 2 is 2.40 bits per heavy atom. The van der Waals surface area contributed by atoms with Gasteiger partial charge in [-0.25, -0.2) is 0 Å². The van der Waals surface area contributed by atoms with Crippen molar-refractivity contribution in [3.05, 3.63) is 29.5 Å². The van der Waals surface area contributed by atoms with Crippen molar-refractivity contribution >= 4 is 11.0 Å². The van der Waals surface area contributed by atoms with Crippen LogP contribution in [0, 0.1) is 19.3 Å². The van der Waals surface area contributed by atoms with E-state index in [0.717, 1.165) is 22.1 Å². The van der Waals surface area contributed by atoms with Crippen molar-refractivity contribution in [2.75, 3.05) is 0 Å². The molecule has 0 fully saturated rings. The Kier molecular flexibility index (Phi) is 2.44. The van der Waals surface area contributed by atoms with E-state index in [1.807, 2.05) is 19.1 Å². The van der Waals surface area contributed by atoms with Gasteiger partial charge in [0, 0.05) is 11.8 Å². The predicted octanol–water partition coefficient (Wildman–Crippen LogP) is 2.19. The number of hydrogen-bond donors (Lipinski definition) is 1. The van der Waals surface area contributed by atoms with Crippen LogP contribution in [0.3, 0.4) is 0 Å². The van der Waals surface area contributed by atoms with Gasteiger partial charge in [0.25, 0.3) is 0 Å². The normalized spacial score (nSPS) is 12.6. The van der Waals surface area contributed by atoms with Gasteiger partial charge in [0.05, 0.1) is 12.3 Å². The Balaban J connectivity index is 2.50. The molecule has 3 nitrogen and oxygen atoms in total. The van der Waals surface area contributed by atoms with Gasteiger partial charge < -0.3 is 9.63 Å². The van der Waals surface area contributed by atoms with Crippen LogP contribution < -0.4 is 0 Å². The smallest absolute Gasteiger partial charge is 0.169 e. The summed E-state index contributed by atoms with van der Waals surface area (Å²) in [6.45, 7) is 1.92. The molecule has 0 spiro atoms. The van der Waals surface area contributed by atoms with Crippen molar-refractivity contribution in [1.29, 1.82) is 0 Å². The third kappa shape index (κ3) is 1.72. The molecule has 0 aliphatic rings. The number of terminal acetylenes is 1. The highest BCUT2D eigenvalue weighted by atomic mass is 16.5. The number of benzene rings is 1. The lowest BCUT2D eigenvalue weighted by molar-refractivity contribution is 0.184. The van der Waals surface area contributed by atoms with Crippen molar-refractivity contribution in [2.45, 2.75) is 19.4 Å². The summed E-state index contributed by atoms with van der Waals surface area (Å²) in [7, 11) is 0. The van der Waals surface area contributed by atoms with Gasteiger partial charge in [0.1, 0.15) is 0 Å². The number of aliphatic hydroxyl groups excluding tert-OH is 1. The standard InChI is InChI=1S/C12H11NO2/c1-3-4-11(14)9-5-8(2)12-10(6-9)7-13-15-12/h1,5-7,11,14H,4H2,2H3. The number of aliphatic hydroxyl groups is 1. The van der Waals surface area contributed by atoms with E-state index < -0.39 is 6.10 Å². The summed E-state index contributed by atoms with van der Waals surface area (Å²) >= 11 is 0. The molecule has 0 saturated heterocycles. The van der Waals surface area contributed by atoms with E-state index in [0.29, 0.717) is 6.42 Å². The first-order valence-corrected chi connectivity index (χ1v) is 4.69. The highest BCUT2D eigenvalue weighted by Gasteiger charge is 2.10. The Hall–Kier alpha value is -1.79. The average molecular weight is 201 g/mol. The molecule has 0 radical (unpaired) electrons. The third-order valence-electron chi connectivity index (χ3n) is 2.36. The molecule has 0 amide bonds. The number of aryl methyl sites for hydroxylation is 1. The lowest BCUT2D eigenvalue weighted by atomic mass is 10.0. The van der Waals surface area contributed by atoms with Gasteiger partial charge in [-0.3, -0.25) is 0 Å². The van der Waals surface area contributed by atoms with Crippen LogP contribution in [-0.4, -0.2) is 10.3 Å². The van der Waals surface area contributed by atoms with Gasteiger partial charge in [0.15, 0.2) is 5.58 Å². The lowest BCUT2D eigenvalue weighted by Gasteiger charge is -2.08. The van der Waals surface area contributed by atoms with E-state index in [9.17, 15) is 5.11 Å². The molecule has 0 aliphatic carbocycles. The topological polar surface area (TPSA) is 46.3 Å². The zero-order valence-electron chi connectivity index (χ0n) is 8.40. The summed E-state index contributed by atoms with van der Waals surface area (Å²) in [5.41, 5.74) is 2.52. The van der Waals surface area contributed by atoms with Crippen LogP contribution in [0.5, 0.6) is 0 Å². The summed E-state index contributed by atoms with van der Waals surface area (Å²) in [5.74, 6) is 2.44. The number of aromatic nitrogens is 1. The molecule has 0 bridgehead atoms. The van der Waals surface area contributed by atoms with Gasteiger partial charge in [-0.15, -0.1) is 12.3 Å². The Bertz CT molecular complexity index is 522. The van der Waals surface area contributed by atoms with Crippen LogP contribution >= 0.6 is 0 Å². The van der Waals surface area contributed by atoms with Crippen LogP contribution in [0.4, 0.5) is 0 Å². The van der Waals surface area contributed by atoms with Gasteiger partial charge in [0.2, 0.25) is 0 Å². The third-order valence-corrected chi connectivity index (χ3v) is 2.36. The van der Waals surface area contributed by atoms with Crippen LogP contribution in [0.1, 0.15) is 23.7 Å². The molecule has 1 N–H and O–H groups in total. The number of nitrogens with zero attached hydrogens (tertiary/aromatic N) is 1. The van der Waals surface area contributed by atoms with E-state index in [1.54, 1.807) is 6.20 Å². The number of rotatable bonds is 2. The van der Waals surface area contributed by atoms with Crippen LogP contribution in [0.15, 0.2) is 22.9 Å². The fraction of sp³-hybridized carbons (Fsp3) is 0.250. The molecule has 1 atom stereocenters. The second-order valence-electron chi connectivity index (χ2n) is 3.51. The molecular formula is C12H11NO2. The van der Waals surface area contributed by atoms with Gasteiger partial charge in [-0.1, -0.05) is 5.16 Å². The summed E-state index contributed by atoms with van der Waals surface area (Å²) < 4.78 is 5.07. The van der Waals surface area contributed by atoms with Gasteiger partial charge in [-0.05, 0) is 30.2 Å². The van der Waals surface area contributed by atoms with Gasteiger partial charge >= 0.3 is 0 Å². The molecule has 1 aromatic carbocycles. The zero-order chi connectivity index (χ0) is 10.8. The van der Waals surface area contributed by atoms with E-state index >= 15 is 0 Å². The zero-order valence-corrected chi connectivity index (χ0v) is 8.40. The SMILES string of the molecule is C#CCC(O)c1cc(C)c2oncc2c1. The Morgan fingerprint density at radius 1 is 1.60 bits per heavy atom. The molecule has 1 unspecified atom stereocenters. The Morgan fingerprint density at radius 3 is 3.13 bits per heavy atom. The van der Waals surface area contributed by atoms with Crippen molar-refractivity contribution < 1.29 is 9.63 Å². The molecule has 2 aromatic rings. The monoisotopic (exact) mass is 201 g/mol. The van der Waals surface area contributed by atoms with Crippen LogP contribution in [0.2, 0.25) is 0 Å². The molecule has 0 aliphatic heterocycles. The van der Waals surface area contributed by atoms with Crippen molar-refractivity contribution in [3.63, 3.8) is 0 Å². The molecule has 15 heavy (non-hydrogen) atoms. The summed E-state index contributed by atoms with van der Waals surface area (Å²) in [4.78, 5) is 0. The maximum Gasteiger partial charge on any atom is 0.169 e. The lowest BCUT2D eigenvalue weighted by Crippen LogP contribution is -1.96. The minimum Gasteiger partial charge on any atom is -0.387 e. The summed E-state index contributed by atoms with van der Waals surface area (Å²) in [6.07, 6.45) is 6.49. The predicted molar refractivity (Wildman–Crippen MR) is 57.2 cm³/mol. The minimum atomic E-state index is -0.618. The molecule has 3 heteroatoms. The maximum atomic E-state index is 9.75. The van der Waals surface area contributed by atoms with Crippen LogP contribution in [0.25, 0.3) is 11.0 Å². The fourth-order valence-corrected chi connectivity index (χ4v) is 1.61. The van der Waals surface area contributed by atoms with E-state index in [2.05, 4.69) is 11.1 Å². The first kappa shape index (κ1) is 9.75. The minimum absolute atomic E-state index is 0.316. The molecule has 76 valence electrons. The molecule has 2 rings (SSSR count). The molecular weight excluding hydrogens is 190 g/mol. The Labute approximate surface area is 87.7 Å². The quantitative estimate of drug-likeness (QED) is 0.757. The number of fused-ring (bicyclic) bond motifs is 1. The van der Waals surface area contributed by atoms with Crippen molar-refractivity contribution in [3.8, 4) is 12.3 Å². The molecule has 1 aromatic heterocycles.